The van der Waals surface area contributed by atoms with Crippen molar-refractivity contribution >= 4 is 11.0 Å². The van der Waals surface area contributed by atoms with Crippen LogP contribution in [0.4, 0.5) is 0 Å². The fourth-order valence-electron chi connectivity index (χ4n) is 4.05. The van der Waals surface area contributed by atoms with Crippen molar-refractivity contribution in [3.8, 4) is 17.0 Å². The first-order valence-corrected chi connectivity index (χ1v) is 9.45. The first kappa shape index (κ1) is 17.9. The van der Waals surface area contributed by atoms with Gasteiger partial charge in [-0.25, -0.2) is 9.97 Å². The molecule has 1 aromatic carbocycles. The topological polar surface area (TPSA) is 69.5 Å². The number of phenolic OH excluding ortho intramolecular Hbond substituents is 1. The van der Waals surface area contributed by atoms with Crippen LogP contribution in [0.3, 0.4) is 0 Å². The summed E-state index contributed by atoms with van der Waals surface area (Å²) in [5.74, 6) is 0.577. The highest BCUT2D eigenvalue weighted by Gasteiger charge is 2.20. The number of likely N-dealkylation sites (N-methyl/N-ethyl adjacent to an activating group) is 1. The second kappa shape index (κ2) is 7.25. The lowest BCUT2D eigenvalue weighted by Crippen LogP contribution is -2.31. The zero-order chi connectivity index (χ0) is 19.0. The number of benzene rings is 1. The maximum Gasteiger partial charge on any atom is 0.160 e. The van der Waals surface area contributed by atoms with Crippen LogP contribution in [-0.4, -0.2) is 45.2 Å². The number of piperidine rings is 1. The van der Waals surface area contributed by atoms with Gasteiger partial charge in [-0.3, -0.25) is 0 Å². The standard InChI is InChI=1S/C22H25N3O2/c1-14-10-15(13-26)11-20(27)21(14)19-8-6-16-5-7-18(23-22(16)24-19)17-4-3-9-25(2)12-17/h5-8,10-11,17,26-27H,3-4,9,12-13H2,1-2H3. The molecule has 5 heteroatoms. The predicted molar refractivity (Wildman–Crippen MR) is 107 cm³/mol. The number of rotatable bonds is 3. The van der Waals surface area contributed by atoms with Gasteiger partial charge in [-0.05, 0) is 74.8 Å². The lowest BCUT2D eigenvalue weighted by atomic mass is 9.94. The van der Waals surface area contributed by atoms with Gasteiger partial charge in [0.2, 0.25) is 0 Å². The molecule has 0 bridgehead atoms. The Morgan fingerprint density at radius 3 is 2.70 bits per heavy atom. The minimum atomic E-state index is -0.0966. The van der Waals surface area contributed by atoms with Crippen molar-refractivity contribution in [2.75, 3.05) is 20.1 Å². The number of pyridine rings is 2. The molecular weight excluding hydrogens is 338 g/mol. The highest BCUT2D eigenvalue weighted by molar-refractivity contribution is 5.81. The summed E-state index contributed by atoms with van der Waals surface area (Å²) < 4.78 is 0. The minimum absolute atomic E-state index is 0.0966. The zero-order valence-corrected chi connectivity index (χ0v) is 15.8. The molecule has 4 rings (SSSR count). The second-order valence-corrected chi connectivity index (χ2v) is 7.55. The quantitative estimate of drug-likeness (QED) is 0.744. The molecule has 1 saturated heterocycles. The Kier molecular flexibility index (Phi) is 4.81. The van der Waals surface area contributed by atoms with Crippen molar-refractivity contribution < 1.29 is 10.2 Å². The molecule has 1 aliphatic heterocycles. The molecule has 2 aromatic heterocycles. The summed E-state index contributed by atoms with van der Waals surface area (Å²) in [6.07, 6.45) is 2.35. The lowest BCUT2D eigenvalue weighted by molar-refractivity contribution is 0.248. The maximum atomic E-state index is 10.4. The second-order valence-electron chi connectivity index (χ2n) is 7.55. The Balaban J connectivity index is 1.75. The Morgan fingerprint density at radius 2 is 1.96 bits per heavy atom. The highest BCUT2D eigenvalue weighted by atomic mass is 16.3. The van der Waals surface area contributed by atoms with Crippen molar-refractivity contribution in [2.24, 2.45) is 0 Å². The van der Waals surface area contributed by atoms with Crippen LogP contribution in [-0.2, 0) is 6.61 Å². The molecule has 0 spiro atoms. The zero-order valence-electron chi connectivity index (χ0n) is 15.8. The summed E-state index contributed by atoms with van der Waals surface area (Å²) in [4.78, 5) is 12.0. The van der Waals surface area contributed by atoms with Crippen molar-refractivity contribution in [2.45, 2.75) is 32.3 Å². The Hall–Kier alpha value is -2.50. The monoisotopic (exact) mass is 363 g/mol. The van der Waals surface area contributed by atoms with E-state index in [1.165, 1.54) is 6.42 Å². The number of aliphatic hydroxyl groups excluding tert-OH is 1. The summed E-state index contributed by atoms with van der Waals surface area (Å²) >= 11 is 0. The number of likely N-dealkylation sites (tertiary alicyclic amines) is 1. The van der Waals surface area contributed by atoms with E-state index < -0.39 is 0 Å². The van der Waals surface area contributed by atoms with Crippen LogP contribution in [0, 0.1) is 6.92 Å². The number of aliphatic hydroxyl groups is 1. The fraction of sp³-hybridized carbons (Fsp3) is 0.364. The predicted octanol–water partition coefficient (Wildman–Crippen LogP) is 3.61. The molecule has 3 heterocycles. The molecule has 3 aromatic rings. The van der Waals surface area contributed by atoms with E-state index in [0.29, 0.717) is 28.4 Å². The lowest BCUT2D eigenvalue weighted by Gasteiger charge is -2.29. The molecule has 1 unspecified atom stereocenters. The molecule has 0 saturated carbocycles. The summed E-state index contributed by atoms with van der Waals surface area (Å²) in [6.45, 7) is 4.00. The number of aromatic nitrogens is 2. The molecule has 140 valence electrons. The number of aryl methyl sites for hydroxylation is 1. The molecule has 27 heavy (non-hydrogen) atoms. The summed E-state index contributed by atoms with van der Waals surface area (Å²) in [5.41, 5.74) is 4.77. The number of nitrogens with zero attached hydrogens (tertiary/aromatic N) is 3. The first-order valence-electron chi connectivity index (χ1n) is 9.45. The minimum Gasteiger partial charge on any atom is -0.507 e. The van der Waals surface area contributed by atoms with E-state index >= 15 is 0 Å². The third-order valence-electron chi connectivity index (χ3n) is 5.43. The largest absolute Gasteiger partial charge is 0.507 e. The third kappa shape index (κ3) is 3.53. The Labute approximate surface area is 159 Å². The van der Waals surface area contributed by atoms with Crippen molar-refractivity contribution in [1.29, 1.82) is 0 Å². The van der Waals surface area contributed by atoms with Crippen LogP contribution >= 0.6 is 0 Å². The van der Waals surface area contributed by atoms with Crippen LogP contribution in [0.15, 0.2) is 36.4 Å². The first-order chi connectivity index (χ1) is 13.0. The van der Waals surface area contributed by atoms with Gasteiger partial charge in [-0.15, -0.1) is 0 Å². The molecule has 0 aliphatic carbocycles. The SMILES string of the molecule is Cc1cc(CO)cc(O)c1-c1ccc2ccc(C3CCCN(C)C3)nc2n1. The van der Waals surface area contributed by atoms with Crippen LogP contribution < -0.4 is 0 Å². The van der Waals surface area contributed by atoms with Crippen LogP contribution in [0.2, 0.25) is 0 Å². The fourth-order valence-corrected chi connectivity index (χ4v) is 4.05. The van der Waals surface area contributed by atoms with E-state index in [4.69, 9.17) is 9.97 Å². The summed E-state index contributed by atoms with van der Waals surface area (Å²) in [7, 11) is 2.16. The summed E-state index contributed by atoms with van der Waals surface area (Å²) in [5, 5.41) is 20.8. The number of hydrogen-bond donors (Lipinski definition) is 2. The van der Waals surface area contributed by atoms with Crippen molar-refractivity contribution in [3.05, 3.63) is 53.2 Å². The molecule has 1 aliphatic rings. The Bertz CT molecular complexity index is 963. The summed E-state index contributed by atoms with van der Waals surface area (Å²) in [6, 6.07) is 11.6. The van der Waals surface area contributed by atoms with E-state index in [9.17, 15) is 10.2 Å². The van der Waals surface area contributed by atoms with Gasteiger partial charge >= 0.3 is 0 Å². The molecule has 5 nitrogen and oxygen atoms in total. The maximum absolute atomic E-state index is 10.4. The molecular formula is C22H25N3O2. The molecule has 1 atom stereocenters. The van der Waals surface area contributed by atoms with Gasteiger partial charge in [-0.1, -0.05) is 6.07 Å². The van der Waals surface area contributed by atoms with E-state index in [0.717, 1.165) is 36.2 Å². The van der Waals surface area contributed by atoms with Gasteiger partial charge in [0, 0.05) is 29.1 Å². The number of phenols is 1. The normalized spacial score (nSPS) is 18.1. The van der Waals surface area contributed by atoms with Gasteiger partial charge < -0.3 is 15.1 Å². The smallest absolute Gasteiger partial charge is 0.160 e. The van der Waals surface area contributed by atoms with Crippen LogP contribution in [0.1, 0.15) is 35.6 Å². The van der Waals surface area contributed by atoms with Gasteiger partial charge in [-0.2, -0.15) is 0 Å². The molecule has 1 fully saturated rings. The number of hydrogen-bond acceptors (Lipinski definition) is 5. The Morgan fingerprint density at radius 1 is 1.15 bits per heavy atom. The highest BCUT2D eigenvalue weighted by Crippen LogP contribution is 2.34. The van der Waals surface area contributed by atoms with Gasteiger partial charge in [0.15, 0.2) is 5.65 Å². The van der Waals surface area contributed by atoms with E-state index in [2.05, 4.69) is 24.1 Å². The van der Waals surface area contributed by atoms with Crippen molar-refractivity contribution in [1.82, 2.24) is 14.9 Å². The van der Waals surface area contributed by atoms with Gasteiger partial charge in [0.25, 0.3) is 0 Å². The molecule has 0 radical (unpaired) electrons. The van der Waals surface area contributed by atoms with Crippen LogP contribution in [0.5, 0.6) is 5.75 Å². The van der Waals surface area contributed by atoms with Gasteiger partial charge in [0.05, 0.1) is 12.3 Å². The van der Waals surface area contributed by atoms with Gasteiger partial charge in [0.1, 0.15) is 5.75 Å². The van der Waals surface area contributed by atoms with Crippen LogP contribution in [0.25, 0.3) is 22.3 Å². The average Bonchev–Trinajstić information content (AvgIpc) is 2.66. The number of aromatic hydroxyl groups is 1. The van der Waals surface area contributed by atoms with E-state index in [1.807, 2.05) is 25.1 Å². The number of fused-ring (bicyclic) bond motifs is 1. The van der Waals surface area contributed by atoms with E-state index in [-0.39, 0.29) is 12.4 Å². The van der Waals surface area contributed by atoms with E-state index in [1.54, 1.807) is 6.07 Å². The third-order valence-corrected chi connectivity index (χ3v) is 5.43. The van der Waals surface area contributed by atoms with Crippen molar-refractivity contribution in [3.63, 3.8) is 0 Å². The molecule has 0 amide bonds. The molecule has 2 N–H and O–H groups in total. The average molecular weight is 363 g/mol.